The van der Waals surface area contributed by atoms with Crippen LogP contribution < -0.4 is 10.1 Å². The minimum atomic E-state index is -0.212. The summed E-state index contributed by atoms with van der Waals surface area (Å²) in [5, 5.41) is 3.38. The van der Waals surface area contributed by atoms with Gasteiger partial charge in [0.05, 0.1) is 7.11 Å². The fraction of sp³-hybridized carbons (Fsp3) is 0.667. The van der Waals surface area contributed by atoms with Gasteiger partial charge in [-0.3, -0.25) is 4.79 Å². The van der Waals surface area contributed by atoms with Crippen molar-refractivity contribution >= 4 is 11.7 Å². The number of methoxy groups -OCH3 is 1. The van der Waals surface area contributed by atoms with Crippen LogP contribution in [-0.2, 0) is 9.53 Å². The molecular formula is C15H22N4O3. The standard InChI is InChI=1S/C15H22N4O3/c1-21-14-9-13(16-10-17-14)18-11-4-6-19(7-5-11)15(20)12-3-2-8-22-12/h9-12H,2-8H2,1H3,(H,16,17,18). The van der Waals surface area contributed by atoms with E-state index in [1.165, 1.54) is 6.33 Å². The summed E-state index contributed by atoms with van der Waals surface area (Å²) in [4.78, 5) is 22.4. The summed E-state index contributed by atoms with van der Waals surface area (Å²) in [7, 11) is 1.58. The number of rotatable bonds is 4. The molecule has 3 rings (SSSR count). The van der Waals surface area contributed by atoms with E-state index >= 15 is 0 Å². The summed E-state index contributed by atoms with van der Waals surface area (Å²) in [5.74, 6) is 1.46. The maximum atomic E-state index is 12.3. The van der Waals surface area contributed by atoms with E-state index in [9.17, 15) is 4.79 Å². The Balaban J connectivity index is 1.49. The molecule has 7 heteroatoms. The number of anilines is 1. The molecule has 0 aliphatic carbocycles. The molecule has 120 valence electrons. The fourth-order valence-corrected chi connectivity index (χ4v) is 2.96. The first-order valence-corrected chi connectivity index (χ1v) is 7.79. The zero-order valence-electron chi connectivity index (χ0n) is 12.8. The first-order valence-electron chi connectivity index (χ1n) is 7.79. The number of carbonyl (C=O) groups is 1. The van der Waals surface area contributed by atoms with E-state index < -0.39 is 0 Å². The lowest BCUT2D eigenvalue weighted by Crippen LogP contribution is -2.46. The molecule has 7 nitrogen and oxygen atoms in total. The van der Waals surface area contributed by atoms with Crippen molar-refractivity contribution in [3.05, 3.63) is 12.4 Å². The average molecular weight is 306 g/mol. The minimum Gasteiger partial charge on any atom is -0.481 e. The van der Waals surface area contributed by atoms with E-state index in [2.05, 4.69) is 15.3 Å². The van der Waals surface area contributed by atoms with Gasteiger partial charge in [0.1, 0.15) is 18.2 Å². The second-order valence-electron chi connectivity index (χ2n) is 5.69. The predicted octanol–water partition coefficient (Wildman–Crippen LogP) is 1.07. The van der Waals surface area contributed by atoms with Crippen molar-refractivity contribution in [1.29, 1.82) is 0 Å². The van der Waals surface area contributed by atoms with Gasteiger partial charge in [0.25, 0.3) is 5.91 Å². The van der Waals surface area contributed by atoms with Crippen molar-refractivity contribution in [2.75, 3.05) is 32.1 Å². The maximum absolute atomic E-state index is 12.3. The molecule has 0 aromatic carbocycles. The summed E-state index contributed by atoms with van der Waals surface area (Å²) in [6, 6.07) is 2.09. The number of likely N-dealkylation sites (tertiary alicyclic amines) is 1. The van der Waals surface area contributed by atoms with Gasteiger partial charge in [0, 0.05) is 31.8 Å². The Morgan fingerprint density at radius 3 is 2.86 bits per heavy atom. The Hall–Kier alpha value is -1.89. The van der Waals surface area contributed by atoms with Gasteiger partial charge in [0.2, 0.25) is 5.88 Å². The van der Waals surface area contributed by atoms with E-state index in [1.54, 1.807) is 13.2 Å². The number of nitrogens with one attached hydrogen (secondary N) is 1. The molecule has 22 heavy (non-hydrogen) atoms. The third kappa shape index (κ3) is 3.47. The van der Waals surface area contributed by atoms with Crippen LogP contribution in [0.5, 0.6) is 5.88 Å². The average Bonchev–Trinajstić information content (AvgIpc) is 3.09. The van der Waals surface area contributed by atoms with Gasteiger partial charge in [0.15, 0.2) is 0 Å². The number of carbonyl (C=O) groups excluding carboxylic acids is 1. The van der Waals surface area contributed by atoms with E-state index in [-0.39, 0.29) is 12.0 Å². The quantitative estimate of drug-likeness (QED) is 0.896. The first-order chi connectivity index (χ1) is 10.8. The minimum absolute atomic E-state index is 0.152. The second-order valence-corrected chi connectivity index (χ2v) is 5.69. The number of piperidine rings is 1. The molecule has 1 atom stereocenters. The smallest absolute Gasteiger partial charge is 0.251 e. The van der Waals surface area contributed by atoms with Crippen LogP contribution in [0.4, 0.5) is 5.82 Å². The highest BCUT2D eigenvalue weighted by Gasteiger charge is 2.30. The molecule has 3 heterocycles. The van der Waals surface area contributed by atoms with Gasteiger partial charge >= 0.3 is 0 Å². The Morgan fingerprint density at radius 2 is 2.18 bits per heavy atom. The molecular weight excluding hydrogens is 284 g/mol. The SMILES string of the molecule is COc1cc(NC2CCN(C(=O)C3CCCO3)CC2)ncn1. The van der Waals surface area contributed by atoms with E-state index in [0.717, 1.165) is 44.6 Å². The molecule has 1 aromatic heterocycles. The number of aromatic nitrogens is 2. The number of nitrogens with zero attached hydrogens (tertiary/aromatic N) is 3. The third-order valence-electron chi connectivity index (χ3n) is 4.21. The van der Waals surface area contributed by atoms with Gasteiger partial charge in [-0.25, -0.2) is 9.97 Å². The molecule has 2 aliphatic heterocycles. The second kappa shape index (κ2) is 6.91. The Morgan fingerprint density at radius 1 is 1.36 bits per heavy atom. The summed E-state index contributed by atoms with van der Waals surface area (Å²) in [6.07, 6.45) is 4.93. The molecule has 2 aliphatic rings. The van der Waals surface area contributed by atoms with Gasteiger partial charge in [-0.15, -0.1) is 0 Å². The van der Waals surface area contributed by atoms with Crippen molar-refractivity contribution in [3.63, 3.8) is 0 Å². The largest absolute Gasteiger partial charge is 0.481 e. The Bertz CT molecular complexity index is 511. The summed E-state index contributed by atoms with van der Waals surface area (Å²) in [5.41, 5.74) is 0. The maximum Gasteiger partial charge on any atom is 0.251 e. The summed E-state index contributed by atoms with van der Waals surface area (Å²) in [6.45, 7) is 2.24. The molecule has 2 saturated heterocycles. The first kappa shape index (κ1) is 15.0. The molecule has 2 fully saturated rings. The van der Waals surface area contributed by atoms with Crippen LogP contribution in [0.2, 0.25) is 0 Å². The third-order valence-corrected chi connectivity index (χ3v) is 4.21. The number of ether oxygens (including phenoxy) is 2. The van der Waals surface area contributed by atoms with Gasteiger partial charge in [-0.05, 0) is 25.7 Å². The monoisotopic (exact) mass is 306 g/mol. The van der Waals surface area contributed by atoms with Crippen LogP contribution in [0, 0.1) is 0 Å². The molecule has 0 radical (unpaired) electrons. The Labute approximate surface area is 130 Å². The van der Waals surface area contributed by atoms with Crippen LogP contribution in [0.15, 0.2) is 12.4 Å². The van der Waals surface area contributed by atoms with E-state index in [4.69, 9.17) is 9.47 Å². The van der Waals surface area contributed by atoms with Gasteiger partial charge in [-0.1, -0.05) is 0 Å². The highest BCUT2D eigenvalue weighted by molar-refractivity contribution is 5.81. The highest BCUT2D eigenvalue weighted by Crippen LogP contribution is 2.20. The molecule has 0 spiro atoms. The van der Waals surface area contributed by atoms with Crippen molar-refractivity contribution < 1.29 is 14.3 Å². The Kier molecular flexibility index (Phi) is 4.72. The lowest BCUT2D eigenvalue weighted by Gasteiger charge is -2.33. The molecule has 1 N–H and O–H groups in total. The van der Waals surface area contributed by atoms with Crippen LogP contribution in [0.3, 0.4) is 0 Å². The van der Waals surface area contributed by atoms with Gasteiger partial charge < -0.3 is 19.7 Å². The van der Waals surface area contributed by atoms with E-state index in [1.807, 2.05) is 4.90 Å². The van der Waals surface area contributed by atoms with Crippen LogP contribution in [0.25, 0.3) is 0 Å². The highest BCUT2D eigenvalue weighted by atomic mass is 16.5. The van der Waals surface area contributed by atoms with Crippen molar-refractivity contribution in [3.8, 4) is 5.88 Å². The molecule has 1 amide bonds. The lowest BCUT2D eigenvalue weighted by molar-refractivity contribution is -0.141. The number of hydrogen-bond donors (Lipinski definition) is 1. The van der Waals surface area contributed by atoms with Crippen molar-refractivity contribution in [2.45, 2.75) is 37.8 Å². The fourth-order valence-electron chi connectivity index (χ4n) is 2.96. The molecule has 1 aromatic rings. The zero-order valence-corrected chi connectivity index (χ0v) is 12.8. The molecule has 1 unspecified atom stereocenters. The number of amides is 1. The van der Waals surface area contributed by atoms with E-state index in [0.29, 0.717) is 18.5 Å². The van der Waals surface area contributed by atoms with Crippen molar-refractivity contribution in [1.82, 2.24) is 14.9 Å². The van der Waals surface area contributed by atoms with Crippen LogP contribution in [-0.4, -0.2) is 59.7 Å². The summed E-state index contributed by atoms with van der Waals surface area (Å²) >= 11 is 0. The van der Waals surface area contributed by atoms with Gasteiger partial charge in [-0.2, -0.15) is 0 Å². The van der Waals surface area contributed by atoms with Crippen molar-refractivity contribution in [2.24, 2.45) is 0 Å². The van der Waals surface area contributed by atoms with Crippen LogP contribution in [0.1, 0.15) is 25.7 Å². The summed E-state index contributed by atoms with van der Waals surface area (Å²) < 4.78 is 10.6. The number of hydrogen-bond acceptors (Lipinski definition) is 6. The predicted molar refractivity (Wildman–Crippen MR) is 80.8 cm³/mol. The zero-order chi connectivity index (χ0) is 15.4. The molecule has 0 saturated carbocycles. The topological polar surface area (TPSA) is 76.6 Å². The van der Waals surface area contributed by atoms with Crippen LogP contribution >= 0.6 is 0 Å². The normalized spacial score (nSPS) is 22.6. The molecule has 0 bridgehead atoms. The lowest BCUT2D eigenvalue weighted by atomic mass is 10.0.